The molecule has 1 aliphatic rings. The number of aliphatic hydroxyl groups excluding tert-OH is 6. The van der Waals surface area contributed by atoms with Gasteiger partial charge in [0.05, 0.1) is 19.3 Å². The van der Waals surface area contributed by atoms with E-state index in [1.54, 1.807) is 36.4 Å². The van der Waals surface area contributed by atoms with Crippen molar-refractivity contribution < 1.29 is 45.2 Å². The van der Waals surface area contributed by atoms with Gasteiger partial charge in [0.2, 0.25) is 6.29 Å². The van der Waals surface area contributed by atoms with Crippen LogP contribution in [0.15, 0.2) is 49.1 Å². The highest BCUT2D eigenvalue weighted by atomic mass is 16.7. The van der Waals surface area contributed by atoms with E-state index in [-0.39, 0.29) is 18.8 Å². The molecule has 0 aromatic heterocycles. The van der Waals surface area contributed by atoms with Crippen molar-refractivity contribution in [3.05, 3.63) is 60.2 Å². The molecule has 2 aromatic rings. The summed E-state index contributed by atoms with van der Waals surface area (Å²) in [4.78, 5) is 0. The van der Waals surface area contributed by atoms with Crippen molar-refractivity contribution in [2.24, 2.45) is 0 Å². The molecular formula is C24H30O9. The first-order valence-electron chi connectivity index (χ1n) is 10.6. The van der Waals surface area contributed by atoms with Crippen molar-refractivity contribution in [2.75, 3.05) is 13.2 Å². The van der Waals surface area contributed by atoms with E-state index in [0.717, 1.165) is 5.56 Å². The fourth-order valence-corrected chi connectivity index (χ4v) is 3.74. The monoisotopic (exact) mass is 462 g/mol. The van der Waals surface area contributed by atoms with Crippen LogP contribution in [-0.2, 0) is 17.6 Å². The molecule has 0 radical (unpaired) electrons. The van der Waals surface area contributed by atoms with Gasteiger partial charge in [-0.25, -0.2) is 0 Å². The Morgan fingerprint density at radius 2 is 1.79 bits per heavy atom. The number of aromatic hydroxyl groups is 1. The SMILES string of the molecule is C=CCc1cc(-c2cc(C[C@H](O)CO)ccc2O)ccc1O[C@@H]1O[C@H](CO)[C@@H](O)[C@H](O)[C@H]1O. The Balaban J connectivity index is 1.90. The third-order valence-electron chi connectivity index (χ3n) is 5.57. The first-order chi connectivity index (χ1) is 15.8. The molecule has 0 amide bonds. The number of allylic oxidation sites excluding steroid dienone is 1. The lowest BCUT2D eigenvalue weighted by Crippen LogP contribution is -2.60. The minimum Gasteiger partial charge on any atom is -0.507 e. The van der Waals surface area contributed by atoms with Crippen LogP contribution in [0.3, 0.4) is 0 Å². The second-order valence-electron chi connectivity index (χ2n) is 8.02. The van der Waals surface area contributed by atoms with Crippen molar-refractivity contribution in [1.82, 2.24) is 0 Å². The van der Waals surface area contributed by atoms with Gasteiger partial charge in [-0.05, 0) is 47.4 Å². The lowest BCUT2D eigenvalue weighted by atomic mass is 9.96. The topological polar surface area (TPSA) is 160 Å². The van der Waals surface area contributed by atoms with E-state index < -0.39 is 43.4 Å². The Hall–Kier alpha value is -2.50. The third-order valence-corrected chi connectivity index (χ3v) is 5.57. The van der Waals surface area contributed by atoms with Gasteiger partial charge in [0.15, 0.2) is 0 Å². The van der Waals surface area contributed by atoms with E-state index in [4.69, 9.17) is 14.6 Å². The molecule has 1 saturated heterocycles. The number of ether oxygens (including phenoxy) is 2. The predicted octanol–water partition coefficient (Wildman–Crippen LogP) is -0.138. The molecule has 7 N–H and O–H groups in total. The number of phenolic OH excluding ortho intramolecular Hbond substituents is 1. The van der Waals surface area contributed by atoms with Crippen molar-refractivity contribution in [2.45, 2.75) is 49.7 Å². The standard InChI is InChI=1S/C24H30O9/c1-2-3-15-10-14(17-9-13(4-6-18(17)28)8-16(27)11-25)5-7-19(15)32-24-23(31)22(30)21(29)20(12-26)33-24/h2,4-7,9-10,16,20-31H,1,3,8,11-12H2/t16-,20+,21+,22-,23+,24+/m0/s1. The molecule has 0 spiro atoms. The van der Waals surface area contributed by atoms with Crippen molar-refractivity contribution in [3.8, 4) is 22.6 Å². The van der Waals surface area contributed by atoms with Gasteiger partial charge in [0.25, 0.3) is 0 Å². The molecule has 3 rings (SSSR count). The highest BCUT2D eigenvalue weighted by Crippen LogP contribution is 2.35. The van der Waals surface area contributed by atoms with Gasteiger partial charge in [0.1, 0.15) is 35.9 Å². The molecule has 9 heteroatoms. The van der Waals surface area contributed by atoms with Gasteiger partial charge >= 0.3 is 0 Å². The van der Waals surface area contributed by atoms with Crippen LogP contribution in [0.1, 0.15) is 11.1 Å². The Kier molecular flexibility index (Phi) is 8.44. The van der Waals surface area contributed by atoms with Crippen molar-refractivity contribution in [3.63, 3.8) is 0 Å². The highest BCUT2D eigenvalue weighted by Gasteiger charge is 2.44. The zero-order valence-electron chi connectivity index (χ0n) is 18.0. The highest BCUT2D eigenvalue weighted by molar-refractivity contribution is 5.72. The molecule has 9 nitrogen and oxygen atoms in total. The summed E-state index contributed by atoms with van der Waals surface area (Å²) in [7, 11) is 0. The van der Waals surface area contributed by atoms with E-state index in [1.807, 2.05) is 0 Å². The molecule has 2 aromatic carbocycles. The van der Waals surface area contributed by atoms with Gasteiger partial charge in [0, 0.05) is 12.0 Å². The molecule has 1 fully saturated rings. The van der Waals surface area contributed by atoms with E-state index in [9.17, 15) is 30.6 Å². The number of benzene rings is 2. The van der Waals surface area contributed by atoms with Crippen molar-refractivity contribution >= 4 is 0 Å². The maximum atomic E-state index is 10.4. The summed E-state index contributed by atoms with van der Waals surface area (Å²) in [6.07, 6.45) is -5.67. The summed E-state index contributed by atoms with van der Waals surface area (Å²) in [5.74, 6) is 0.360. The molecule has 180 valence electrons. The Bertz CT molecular complexity index is 946. The summed E-state index contributed by atoms with van der Waals surface area (Å²) in [5, 5.41) is 68.8. The number of hydrogen-bond donors (Lipinski definition) is 7. The van der Waals surface area contributed by atoms with Crippen LogP contribution in [0, 0.1) is 0 Å². The first-order valence-corrected chi connectivity index (χ1v) is 10.6. The van der Waals surface area contributed by atoms with Gasteiger partial charge in [-0.1, -0.05) is 18.2 Å². The molecule has 1 heterocycles. The Morgan fingerprint density at radius 3 is 2.45 bits per heavy atom. The fraction of sp³-hybridized carbons (Fsp3) is 0.417. The molecule has 0 unspecified atom stereocenters. The lowest BCUT2D eigenvalue weighted by molar-refractivity contribution is -0.277. The smallest absolute Gasteiger partial charge is 0.229 e. The van der Waals surface area contributed by atoms with Crippen LogP contribution in [0.4, 0.5) is 0 Å². The van der Waals surface area contributed by atoms with Crippen LogP contribution < -0.4 is 4.74 Å². The third kappa shape index (κ3) is 5.71. The summed E-state index contributed by atoms with van der Waals surface area (Å²) in [5.41, 5.74) is 2.56. The van der Waals surface area contributed by atoms with Crippen LogP contribution in [-0.4, -0.2) is 85.8 Å². The number of aliphatic hydroxyl groups is 6. The number of rotatable bonds is 9. The molecule has 33 heavy (non-hydrogen) atoms. The number of phenols is 1. The van der Waals surface area contributed by atoms with E-state index in [0.29, 0.717) is 28.9 Å². The van der Waals surface area contributed by atoms with Crippen LogP contribution >= 0.6 is 0 Å². The summed E-state index contributed by atoms with van der Waals surface area (Å²) >= 11 is 0. The first kappa shape index (κ1) is 25.1. The average molecular weight is 462 g/mol. The maximum Gasteiger partial charge on any atom is 0.229 e. The fourth-order valence-electron chi connectivity index (χ4n) is 3.74. The summed E-state index contributed by atoms with van der Waals surface area (Å²) < 4.78 is 11.2. The second kappa shape index (κ2) is 11.1. The largest absolute Gasteiger partial charge is 0.507 e. The summed E-state index contributed by atoms with van der Waals surface area (Å²) in [6.45, 7) is 2.80. The normalized spacial score (nSPS) is 26.1. The molecule has 6 atom stereocenters. The van der Waals surface area contributed by atoms with Gasteiger partial charge in [-0.15, -0.1) is 6.58 Å². The Labute approximate surface area is 191 Å². The van der Waals surface area contributed by atoms with E-state index in [2.05, 4.69) is 6.58 Å². The van der Waals surface area contributed by atoms with E-state index >= 15 is 0 Å². The molecule has 0 aliphatic carbocycles. The zero-order valence-corrected chi connectivity index (χ0v) is 18.0. The molecule has 0 bridgehead atoms. The maximum absolute atomic E-state index is 10.4. The number of hydrogen-bond acceptors (Lipinski definition) is 9. The second-order valence-corrected chi connectivity index (χ2v) is 8.02. The predicted molar refractivity (Wildman–Crippen MR) is 119 cm³/mol. The zero-order chi connectivity index (χ0) is 24.1. The van der Waals surface area contributed by atoms with Crippen LogP contribution in [0.5, 0.6) is 11.5 Å². The summed E-state index contributed by atoms with van der Waals surface area (Å²) in [6, 6.07) is 9.97. The minimum absolute atomic E-state index is 0.0318. The lowest BCUT2D eigenvalue weighted by Gasteiger charge is -2.39. The van der Waals surface area contributed by atoms with Crippen LogP contribution in [0.25, 0.3) is 11.1 Å². The van der Waals surface area contributed by atoms with Crippen molar-refractivity contribution in [1.29, 1.82) is 0 Å². The average Bonchev–Trinajstić information content (AvgIpc) is 2.81. The van der Waals surface area contributed by atoms with Gasteiger partial charge in [-0.3, -0.25) is 0 Å². The minimum atomic E-state index is -1.56. The van der Waals surface area contributed by atoms with Gasteiger partial charge in [-0.2, -0.15) is 0 Å². The van der Waals surface area contributed by atoms with E-state index in [1.165, 1.54) is 6.07 Å². The van der Waals surface area contributed by atoms with Gasteiger partial charge < -0.3 is 45.2 Å². The quantitative estimate of drug-likeness (QED) is 0.252. The molecule has 1 aliphatic heterocycles. The molecular weight excluding hydrogens is 432 g/mol. The van der Waals surface area contributed by atoms with Crippen LogP contribution in [0.2, 0.25) is 0 Å². The Morgan fingerprint density at radius 1 is 1.03 bits per heavy atom. The molecule has 0 saturated carbocycles.